The number of aromatic carboxylic acids is 1. The third kappa shape index (κ3) is 4.40. The van der Waals surface area contributed by atoms with E-state index in [-0.39, 0.29) is 12.4 Å². The number of amides is 1. The molecule has 23 heavy (non-hydrogen) atoms. The quantitative estimate of drug-likeness (QED) is 0.767. The summed E-state index contributed by atoms with van der Waals surface area (Å²) >= 11 is 0. The van der Waals surface area contributed by atoms with E-state index in [1.165, 1.54) is 0 Å². The number of benzene rings is 1. The highest BCUT2D eigenvalue weighted by Crippen LogP contribution is 2.06. The highest BCUT2D eigenvalue weighted by atomic mass is 16.5. The predicted octanol–water partition coefficient (Wildman–Crippen LogP) is 1.46. The predicted molar refractivity (Wildman–Crippen MR) is 80.0 cm³/mol. The van der Waals surface area contributed by atoms with Gasteiger partial charge in [0.05, 0.1) is 6.04 Å². The van der Waals surface area contributed by atoms with Crippen LogP contribution in [0.15, 0.2) is 41.3 Å². The van der Waals surface area contributed by atoms with Crippen molar-refractivity contribution in [2.45, 2.75) is 19.6 Å². The molecule has 0 fully saturated rings. The fraction of sp³-hybridized carbons (Fsp3) is 0.200. The van der Waals surface area contributed by atoms with Gasteiger partial charge in [0.2, 0.25) is 0 Å². The third-order valence-corrected chi connectivity index (χ3v) is 3.01. The highest BCUT2D eigenvalue weighted by molar-refractivity contribution is 5.86. The second kappa shape index (κ2) is 7.21. The molecule has 8 heteroatoms. The lowest BCUT2D eigenvalue weighted by atomic mass is 10.2. The smallest absolute Gasteiger partial charge is 0.408 e. The van der Waals surface area contributed by atoms with Crippen LogP contribution >= 0.6 is 0 Å². The molecule has 0 aliphatic carbocycles. The van der Waals surface area contributed by atoms with Crippen molar-refractivity contribution in [2.75, 3.05) is 0 Å². The molecule has 120 valence electrons. The van der Waals surface area contributed by atoms with E-state index in [1.807, 2.05) is 30.3 Å². The van der Waals surface area contributed by atoms with Crippen LogP contribution in [0, 0.1) is 0 Å². The molecule has 3 N–H and O–H groups in total. The number of carbonyl (C=O) groups excluding carboxylic acids is 1. The molecule has 1 aromatic carbocycles. The Labute approximate surface area is 131 Å². The molecular formula is C15H15N3O5. The first-order valence-corrected chi connectivity index (χ1v) is 6.77. The lowest BCUT2D eigenvalue weighted by molar-refractivity contribution is 0.0694. The number of alkyl carbamates (subject to hydrolysis) is 1. The van der Waals surface area contributed by atoms with Crippen molar-refractivity contribution in [3.8, 4) is 0 Å². The van der Waals surface area contributed by atoms with E-state index < -0.39 is 29.2 Å². The molecule has 0 aliphatic heterocycles. The van der Waals surface area contributed by atoms with Crippen LogP contribution in [0.4, 0.5) is 4.79 Å². The minimum Gasteiger partial charge on any atom is -0.477 e. The van der Waals surface area contributed by atoms with Gasteiger partial charge in [0, 0.05) is 6.20 Å². The lowest BCUT2D eigenvalue weighted by Gasteiger charge is -2.13. The SMILES string of the molecule is CC(NC(=O)OCc1ccccc1)c1ncc(C(=O)O)c(=O)[nH]1. The Morgan fingerprint density at radius 1 is 1.35 bits per heavy atom. The van der Waals surface area contributed by atoms with Crippen LogP contribution < -0.4 is 10.9 Å². The summed E-state index contributed by atoms with van der Waals surface area (Å²) in [5.41, 5.74) is -0.408. The Balaban J connectivity index is 1.94. The maximum atomic E-state index is 11.7. The summed E-state index contributed by atoms with van der Waals surface area (Å²) in [7, 11) is 0. The van der Waals surface area contributed by atoms with E-state index in [1.54, 1.807) is 6.92 Å². The Hall–Kier alpha value is -3.16. The largest absolute Gasteiger partial charge is 0.477 e. The molecule has 0 saturated carbocycles. The average molecular weight is 317 g/mol. The number of carboxylic acid groups (broad SMARTS) is 1. The van der Waals surface area contributed by atoms with Crippen molar-refractivity contribution in [3.63, 3.8) is 0 Å². The van der Waals surface area contributed by atoms with Gasteiger partial charge in [-0.1, -0.05) is 30.3 Å². The van der Waals surface area contributed by atoms with Gasteiger partial charge in [-0.2, -0.15) is 0 Å². The van der Waals surface area contributed by atoms with Gasteiger partial charge in [-0.15, -0.1) is 0 Å². The number of rotatable bonds is 5. The molecule has 1 aromatic heterocycles. The van der Waals surface area contributed by atoms with Crippen molar-refractivity contribution in [1.82, 2.24) is 15.3 Å². The lowest BCUT2D eigenvalue weighted by Crippen LogP contribution is -2.30. The number of aromatic amines is 1. The number of carbonyl (C=O) groups is 2. The van der Waals surface area contributed by atoms with Crippen LogP contribution in [0.1, 0.15) is 34.7 Å². The molecule has 0 radical (unpaired) electrons. The van der Waals surface area contributed by atoms with Gasteiger partial charge in [0.1, 0.15) is 18.0 Å². The van der Waals surface area contributed by atoms with Crippen molar-refractivity contribution in [1.29, 1.82) is 0 Å². The fourth-order valence-electron chi connectivity index (χ4n) is 1.79. The standard InChI is InChI=1S/C15H15N3O5/c1-9(12-16-7-11(14(20)21)13(19)18-12)17-15(22)23-8-10-5-3-2-4-6-10/h2-7,9H,8H2,1H3,(H,17,22)(H,20,21)(H,16,18,19). The van der Waals surface area contributed by atoms with Crippen LogP contribution in [0.5, 0.6) is 0 Å². The first-order valence-electron chi connectivity index (χ1n) is 6.77. The number of H-pyrrole nitrogens is 1. The van der Waals surface area contributed by atoms with E-state index in [2.05, 4.69) is 15.3 Å². The van der Waals surface area contributed by atoms with Crippen LogP contribution in [0.25, 0.3) is 0 Å². The van der Waals surface area contributed by atoms with Crippen molar-refractivity contribution < 1.29 is 19.4 Å². The maximum Gasteiger partial charge on any atom is 0.408 e. The van der Waals surface area contributed by atoms with E-state index in [0.29, 0.717) is 0 Å². The van der Waals surface area contributed by atoms with Crippen molar-refractivity contribution in [2.24, 2.45) is 0 Å². The van der Waals surface area contributed by atoms with Gasteiger partial charge in [-0.25, -0.2) is 14.6 Å². The van der Waals surface area contributed by atoms with E-state index in [0.717, 1.165) is 11.8 Å². The minimum absolute atomic E-state index is 0.112. The zero-order valence-electron chi connectivity index (χ0n) is 12.3. The number of hydrogen-bond acceptors (Lipinski definition) is 5. The topological polar surface area (TPSA) is 121 Å². The summed E-state index contributed by atoms with van der Waals surface area (Å²) < 4.78 is 5.05. The second-order valence-corrected chi connectivity index (χ2v) is 4.74. The minimum atomic E-state index is -1.37. The zero-order chi connectivity index (χ0) is 16.8. The number of nitrogens with zero attached hydrogens (tertiary/aromatic N) is 1. The number of aromatic nitrogens is 2. The summed E-state index contributed by atoms with van der Waals surface area (Å²) in [6.07, 6.45) is 0.274. The van der Waals surface area contributed by atoms with Gasteiger partial charge in [0.25, 0.3) is 5.56 Å². The molecule has 1 amide bonds. The van der Waals surface area contributed by atoms with Gasteiger partial charge in [-0.3, -0.25) is 4.79 Å². The summed E-state index contributed by atoms with van der Waals surface area (Å²) in [6, 6.07) is 8.51. The third-order valence-electron chi connectivity index (χ3n) is 3.01. The first-order chi connectivity index (χ1) is 11.0. The van der Waals surface area contributed by atoms with E-state index in [9.17, 15) is 14.4 Å². The first kappa shape index (κ1) is 16.2. The van der Waals surface area contributed by atoms with E-state index >= 15 is 0 Å². The molecular weight excluding hydrogens is 302 g/mol. The molecule has 8 nitrogen and oxygen atoms in total. The normalized spacial score (nSPS) is 11.5. The molecule has 1 heterocycles. The Morgan fingerprint density at radius 3 is 2.65 bits per heavy atom. The maximum absolute atomic E-state index is 11.7. The van der Waals surface area contributed by atoms with Crippen molar-refractivity contribution in [3.05, 3.63) is 63.8 Å². The summed E-state index contributed by atoms with van der Waals surface area (Å²) in [5.74, 6) is -1.23. The van der Waals surface area contributed by atoms with Crippen LogP contribution in [-0.4, -0.2) is 27.1 Å². The Morgan fingerprint density at radius 2 is 2.04 bits per heavy atom. The van der Waals surface area contributed by atoms with Gasteiger partial charge < -0.3 is 20.1 Å². The molecule has 0 bridgehead atoms. The number of nitrogens with one attached hydrogen (secondary N) is 2. The number of hydrogen-bond donors (Lipinski definition) is 3. The van der Waals surface area contributed by atoms with Crippen LogP contribution in [-0.2, 0) is 11.3 Å². The summed E-state index contributed by atoms with van der Waals surface area (Å²) in [5, 5.41) is 11.3. The van der Waals surface area contributed by atoms with Gasteiger partial charge in [0.15, 0.2) is 0 Å². The number of ether oxygens (including phenoxy) is 1. The second-order valence-electron chi connectivity index (χ2n) is 4.74. The molecule has 0 spiro atoms. The molecule has 1 atom stereocenters. The van der Waals surface area contributed by atoms with Gasteiger partial charge >= 0.3 is 12.1 Å². The molecule has 2 aromatic rings. The highest BCUT2D eigenvalue weighted by Gasteiger charge is 2.15. The molecule has 1 unspecified atom stereocenters. The summed E-state index contributed by atoms with van der Waals surface area (Å²) in [6.45, 7) is 1.70. The monoisotopic (exact) mass is 317 g/mol. The molecule has 2 rings (SSSR count). The van der Waals surface area contributed by atoms with Crippen LogP contribution in [0.3, 0.4) is 0 Å². The average Bonchev–Trinajstić information content (AvgIpc) is 2.53. The van der Waals surface area contributed by atoms with Crippen molar-refractivity contribution >= 4 is 12.1 Å². The number of carboxylic acids is 1. The fourth-order valence-corrected chi connectivity index (χ4v) is 1.79. The van der Waals surface area contributed by atoms with Crippen LogP contribution in [0.2, 0.25) is 0 Å². The molecule has 0 aliphatic rings. The van der Waals surface area contributed by atoms with E-state index in [4.69, 9.17) is 9.84 Å². The molecule has 0 saturated heterocycles. The zero-order valence-corrected chi connectivity index (χ0v) is 12.3. The summed E-state index contributed by atoms with van der Waals surface area (Å²) in [4.78, 5) is 40.2. The Bertz CT molecular complexity index is 757. The van der Waals surface area contributed by atoms with Gasteiger partial charge in [-0.05, 0) is 12.5 Å². The Kier molecular flexibility index (Phi) is 5.08.